The molecule has 21 heavy (non-hydrogen) atoms. The van der Waals surface area contributed by atoms with E-state index in [1.54, 1.807) is 0 Å². The summed E-state index contributed by atoms with van der Waals surface area (Å²) in [4.78, 5) is 1.44. The van der Waals surface area contributed by atoms with E-state index in [-0.39, 0.29) is 5.60 Å². The van der Waals surface area contributed by atoms with Gasteiger partial charge in [-0.1, -0.05) is 32.6 Å². The molecule has 0 amide bonds. The molecule has 2 nitrogen and oxygen atoms in total. The van der Waals surface area contributed by atoms with Gasteiger partial charge in [0.1, 0.15) is 0 Å². The second-order valence-corrected chi connectivity index (χ2v) is 7.35. The Hall–Kier alpha value is -0.380. The first-order valence-electron chi connectivity index (χ1n) is 8.65. The van der Waals surface area contributed by atoms with Crippen molar-refractivity contribution in [3.63, 3.8) is 0 Å². The molecule has 0 saturated heterocycles. The average molecular weight is 310 g/mol. The number of ether oxygens (including phenoxy) is 1. The Morgan fingerprint density at radius 2 is 1.95 bits per heavy atom. The Morgan fingerprint density at radius 3 is 2.48 bits per heavy atom. The van der Waals surface area contributed by atoms with Crippen LogP contribution in [0.25, 0.3) is 0 Å². The molecule has 1 aliphatic carbocycles. The summed E-state index contributed by atoms with van der Waals surface area (Å²) in [6.07, 6.45) is 8.87. The molecule has 1 N–H and O–H groups in total. The van der Waals surface area contributed by atoms with Gasteiger partial charge in [0.2, 0.25) is 0 Å². The Bertz CT molecular complexity index is 407. The third-order valence-corrected chi connectivity index (χ3v) is 5.58. The zero-order valence-electron chi connectivity index (χ0n) is 13.9. The van der Waals surface area contributed by atoms with Gasteiger partial charge in [-0.05, 0) is 56.7 Å². The minimum absolute atomic E-state index is 0.00769. The molecule has 1 aromatic heterocycles. The molecule has 0 bridgehead atoms. The Kier molecular flexibility index (Phi) is 6.72. The molecule has 0 aliphatic heterocycles. The van der Waals surface area contributed by atoms with Crippen LogP contribution in [-0.2, 0) is 4.74 Å². The van der Waals surface area contributed by atoms with Gasteiger partial charge >= 0.3 is 0 Å². The number of aryl methyl sites for hydroxylation is 1. The van der Waals surface area contributed by atoms with E-state index in [4.69, 9.17) is 4.74 Å². The largest absolute Gasteiger partial charge is 0.373 e. The zero-order valence-corrected chi connectivity index (χ0v) is 14.7. The van der Waals surface area contributed by atoms with E-state index < -0.39 is 0 Å². The molecule has 1 heterocycles. The van der Waals surface area contributed by atoms with Gasteiger partial charge in [-0.3, -0.25) is 0 Å². The highest BCUT2D eigenvalue weighted by Gasteiger charge is 2.41. The standard InChI is InChI=1S/C18H31NOS/c1-4-13-19-17(16-10-14-21-15(16)3)18(20-5-2)11-8-6-7-9-12-18/h10,14,17,19H,4-9,11-13H2,1-3H3. The van der Waals surface area contributed by atoms with E-state index in [2.05, 4.69) is 37.5 Å². The highest BCUT2D eigenvalue weighted by atomic mass is 32.1. The van der Waals surface area contributed by atoms with Crippen LogP contribution in [0.5, 0.6) is 0 Å². The van der Waals surface area contributed by atoms with Crippen molar-refractivity contribution in [3.05, 3.63) is 21.9 Å². The molecular weight excluding hydrogens is 278 g/mol. The van der Waals surface area contributed by atoms with E-state index in [0.717, 1.165) is 13.2 Å². The molecule has 0 spiro atoms. The SMILES string of the molecule is CCCNC(c1ccsc1C)C1(OCC)CCCCCC1. The lowest BCUT2D eigenvalue weighted by atomic mass is 9.82. The van der Waals surface area contributed by atoms with Crippen molar-refractivity contribution in [3.8, 4) is 0 Å². The number of rotatable bonds is 7. The molecule has 3 heteroatoms. The Morgan fingerprint density at radius 1 is 1.24 bits per heavy atom. The minimum atomic E-state index is -0.00769. The zero-order chi connectivity index (χ0) is 15.1. The van der Waals surface area contributed by atoms with Crippen molar-refractivity contribution in [1.82, 2.24) is 5.32 Å². The average Bonchev–Trinajstić information content (AvgIpc) is 2.75. The topological polar surface area (TPSA) is 21.3 Å². The van der Waals surface area contributed by atoms with Gasteiger partial charge < -0.3 is 10.1 Å². The summed E-state index contributed by atoms with van der Waals surface area (Å²) in [6.45, 7) is 8.51. The number of nitrogens with one attached hydrogen (secondary N) is 1. The summed E-state index contributed by atoms with van der Waals surface area (Å²) in [5.41, 5.74) is 1.45. The quantitative estimate of drug-likeness (QED) is 0.697. The van der Waals surface area contributed by atoms with E-state index in [1.165, 1.54) is 55.4 Å². The summed E-state index contributed by atoms with van der Waals surface area (Å²) >= 11 is 1.86. The maximum Gasteiger partial charge on any atom is 0.0876 e. The van der Waals surface area contributed by atoms with Crippen molar-refractivity contribution in [2.75, 3.05) is 13.2 Å². The van der Waals surface area contributed by atoms with Crippen LogP contribution < -0.4 is 5.32 Å². The third-order valence-electron chi connectivity index (χ3n) is 4.72. The molecule has 2 rings (SSSR count). The second kappa shape index (κ2) is 8.30. The highest BCUT2D eigenvalue weighted by molar-refractivity contribution is 7.10. The van der Waals surface area contributed by atoms with E-state index >= 15 is 0 Å². The predicted octanol–water partition coefficient (Wildman–Crippen LogP) is 5.23. The maximum absolute atomic E-state index is 6.43. The number of hydrogen-bond donors (Lipinski definition) is 1. The Labute approximate surface area is 134 Å². The fraction of sp³-hybridized carbons (Fsp3) is 0.778. The summed E-state index contributed by atoms with van der Waals surface area (Å²) in [5, 5.41) is 6.04. The lowest BCUT2D eigenvalue weighted by molar-refractivity contribution is -0.0781. The molecule has 0 aromatic carbocycles. The van der Waals surface area contributed by atoms with Crippen LogP contribution in [0.2, 0.25) is 0 Å². The first-order chi connectivity index (χ1) is 10.2. The molecule has 1 saturated carbocycles. The van der Waals surface area contributed by atoms with Crippen LogP contribution in [-0.4, -0.2) is 18.8 Å². The third kappa shape index (κ3) is 4.08. The van der Waals surface area contributed by atoms with E-state index in [0.29, 0.717) is 6.04 Å². The fourth-order valence-corrected chi connectivity index (χ4v) is 4.43. The summed E-state index contributed by atoms with van der Waals surface area (Å²) in [7, 11) is 0. The molecular formula is C18H31NOS. The van der Waals surface area contributed by atoms with E-state index in [1.807, 2.05) is 11.3 Å². The first-order valence-corrected chi connectivity index (χ1v) is 9.53. The number of hydrogen-bond acceptors (Lipinski definition) is 3. The van der Waals surface area contributed by atoms with E-state index in [9.17, 15) is 0 Å². The summed E-state index contributed by atoms with van der Waals surface area (Å²) in [5.74, 6) is 0. The number of thiophene rings is 1. The molecule has 1 aliphatic rings. The van der Waals surface area contributed by atoms with Gasteiger partial charge in [0.25, 0.3) is 0 Å². The van der Waals surface area contributed by atoms with Crippen molar-refractivity contribution in [1.29, 1.82) is 0 Å². The van der Waals surface area contributed by atoms with Gasteiger partial charge in [-0.2, -0.15) is 0 Å². The summed E-state index contributed by atoms with van der Waals surface area (Å²) < 4.78 is 6.43. The second-order valence-electron chi connectivity index (χ2n) is 6.23. The van der Waals surface area contributed by atoms with Crippen molar-refractivity contribution >= 4 is 11.3 Å². The summed E-state index contributed by atoms with van der Waals surface area (Å²) in [6, 6.07) is 2.65. The van der Waals surface area contributed by atoms with Gasteiger partial charge in [0.05, 0.1) is 11.6 Å². The lowest BCUT2D eigenvalue weighted by Crippen LogP contribution is -2.46. The van der Waals surface area contributed by atoms with Crippen molar-refractivity contribution < 1.29 is 4.74 Å². The smallest absolute Gasteiger partial charge is 0.0876 e. The Balaban J connectivity index is 2.31. The lowest BCUT2D eigenvalue weighted by Gasteiger charge is -2.41. The molecule has 0 radical (unpaired) electrons. The van der Waals surface area contributed by atoms with Gasteiger partial charge in [0, 0.05) is 11.5 Å². The van der Waals surface area contributed by atoms with Crippen LogP contribution in [0.4, 0.5) is 0 Å². The van der Waals surface area contributed by atoms with Crippen LogP contribution in [0.1, 0.15) is 75.3 Å². The van der Waals surface area contributed by atoms with Gasteiger partial charge in [-0.15, -0.1) is 11.3 Å². The van der Waals surface area contributed by atoms with Gasteiger partial charge in [0.15, 0.2) is 0 Å². The first kappa shape index (κ1) is 17.0. The molecule has 1 aromatic rings. The van der Waals surface area contributed by atoms with Crippen LogP contribution >= 0.6 is 11.3 Å². The fourth-order valence-electron chi connectivity index (χ4n) is 3.69. The van der Waals surface area contributed by atoms with Crippen molar-refractivity contribution in [2.45, 2.75) is 77.4 Å². The van der Waals surface area contributed by atoms with Crippen LogP contribution in [0, 0.1) is 6.92 Å². The van der Waals surface area contributed by atoms with Crippen LogP contribution in [0.15, 0.2) is 11.4 Å². The molecule has 1 fully saturated rings. The molecule has 120 valence electrons. The predicted molar refractivity (Wildman–Crippen MR) is 92.1 cm³/mol. The molecule has 1 atom stereocenters. The van der Waals surface area contributed by atoms with Crippen LogP contribution in [0.3, 0.4) is 0 Å². The highest BCUT2D eigenvalue weighted by Crippen LogP contribution is 2.42. The van der Waals surface area contributed by atoms with Gasteiger partial charge in [-0.25, -0.2) is 0 Å². The maximum atomic E-state index is 6.43. The normalized spacial score (nSPS) is 20.1. The minimum Gasteiger partial charge on any atom is -0.373 e. The van der Waals surface area contributed by atoms with Crippen molar-refractivity contribution in [2.24, 2.45) is 0 Å². The monoisotopic (exact) mass is 309 g/mol. The molecule has 1 unspecified atom stereocenters.